The number of aromatic nitrogens is 1. The molecule has 196 valence electrons. The van der Waals surface area contributed by atoms with Gasteiger partial charge in [0.2, 0.25) is 11.8 Å². The molecule has 7 heteroatoms. The van der Waals surface area contributed by atoms with Crippen LogP contribution in [-0.4, -0.2) is 34.0 Å². The first-order valence-corrected chi connectivity index (χ1v) is 13.3. The van der Waals surface area contributed by atoms with Gasteiger partial charge < -0.3 is 20.2 Å². The van der Waals surface area contributed by atoms with E-state index in [-0.39, 0.29) is 23.6 Å². The lowest BCUT2D eigenvalue weighted by Crippen LogP contribution is -2.50. The molecule has 3 aromatic rings. The van der Waals surface area contributed by atoms with Gasteiger partial charge in [-0.1, -0.05) is 80.6 Å². The number of carbonyl (C=O) groups is 2. The minimum absolute atomic E-state index is 0.183. The number of oxazole rings is 1. The molecule has 0 spiro atoms. The number of phenolic OH excluding ortho intramolecular Hbond substituents is 1. The molecule has 1 saturated carbocycles. The number of benzene rings is 2. The second-order valence-electron chi connectivity index (χ2n) is 10.1. The summed E-state index contributed by atoms with van der Waals surface area (Å²) in [6.45, 7) is 1.45. The van der Waals surface area contributed by atoms with Crippen molar-refractivity contribution in [3.8, 4) is 17.1 Å². The summed E-state index contributed by atoms with van der Waals surface area (Å²) in [5.41, 5.74) is 1.76. The molecule has 4 rings (SSSR count). The lowest BCUT2D eigenvalue weighted by molar-refractivity contribution is -0.129. The van der Waals surface area contributed by atoms with E-state index in [1.807, 2.05) is 42.5 Å². The summed E-state index contributed by atoms with van der Waals surface area (Å²) in [4.78, 5) is 29.8. The van der Waals surface area contributed by atoms with Gasteiger partial charge in [-0.2, -0.15) is 0 Å². The maximum atomic E-state index is 13.4. The van der Waals surface area contributed by atoms with E-state index in [2.05, 4.69) is 15.6 Å². The highest BCUT2D eigenvalue weighted by Gasteiger charge is 2.27. The van der Waals surface area contributed by atoms with Crippen molar-refractivity contribution in [1.82, 2.24) is 15.6 Å². The Bertz CT molecular complexity index is 1150. The van der Waals surface area contributed by atoms with Crippen molar-refractivity contribution in [3.05, 3.63) is 72.2 Å². The van der Waals surface area contributed by atoms with Crippen molar-refractivity contribution in [3.63, 3.8) is 0 Å². The SMILES string of the molecule is CC(=O)N[C@@H](CC1CCCCC1)C(=O)NC(CCc1ccccc1O)Cc1ncc(-c2ccccc2)o1. The first-order chi connectivity index (χ1) is 18.0. The van der Waals surface area contributed by atoms with E-state index in [0.717, 1.165) is 24.0 Å². The van der Waals surface area contributed by atoms with Crippen molar-refractivity contribution >= 4 is 11.8 Å². The molecule has 7 nitrogen and oxygen atoms in total. The molecule has 0 bridgehead atoms. The smallest absolute Gasteiger partial charge is 0.242 e. The van der Waals surface area contributed by atoms with Crippen LogP contribution in [-0.2, 0) is 22.4 Å². The predicted molar refractivity (Wildman–Crippen MR) is 143 cm³/mol. The Morgan fingerprint density at radius 3 is 2.49 bits per heavy atom. The van der Waals surface area contributed by atoms with E-state index in [4.69, 9.17) is 4.42 Å². The maximum absolute atomic E-state index is 13.4. The Balaban J connectivity index is 1.48. The molecule has 2 atom stereocenters. The molecule has 2 aromatic carbocycles. The van der Waals surface area contributed by atoms with Crippen LogP contribution in [0.25, 0.3) is 11.3 Å². The monoisotopic (exact) mass is 503 g/mol. The van der Waals surface area contributed by atoms with Gasteiger partial charge in [0.05, 0.1) is 6.20 Å². The second kappa shape index (κ2) is 13.1. The van der Waals surface area contributed by atoms with Gasteiger partial charge in [-0.05, 0) is 36.8 Å². The summed E-state index contributed by atoms with van der Waals surface area (Å²) < 4.78 is 6.02. The third-order valence-corrected chi connectivity index (χ3v) is 7.12. The average molecular weight is 504 g/mol. The summed E-state index contributed by atoms with van der Waals surface area (Å²) in [5, 5.41) is 16.3. The fraction of sp³-hybridized carbons (Fsp3) is 0.433. The first kappa shape index (κ1) is 26.5. The van der Waals surface area contributed by atoms with E-state index in [1.54, 1.807) is 18.3 Å². The topological polar surface area (TPSA) is 104 Å². The molecule has 1 fully saturated rings. The number of para-hydroxylation sites is 1. The van der Waals surface area contributed by atoms with Crippen LogP contribution in [0.3, 0.4) is 0 Å². The number of rotatable bonds is 11. The number of nitrogens with one attached hydrogen (secondary N) is 2. The average Bonchev–Trinajstić information content (AvgIpc) is 3.37. The van der Waals surface area contributed by atoms with Crippen molar-refractivity contribution in [2.24, 2.45) is 5.92 Å². The molecule has 1 unspecified atom stereocenters. The lowest BCUT2D eigenvalue weighted by atomic mass is 9.84. The van der Waals surface area contributed by atoms with Crippen LogP contribution < -0.4 is 10.6 Å². The quantitative estimate of drug-likeness (QED) is 0.334. The predicted octanol–water partition coefficient (Wildman–Crippen LogP) is 5.18. The van der Waals surface area contributed by atoms with E-state index >= 15 is 0 Å². The van der Waals surface area contributed by atoms with Gasteiger partial charge >= 0.3 is 0 Å². The molecule has 0 saturated heterocycles. The Morgan fingerprint density at radius 2 is 1.76 bits per heavy atom. The fourth-order valence-electron chi connectivity index (χ4n) is 5.16. The minimum atomic E-state index is -0.572. The molecule has 1 heterocycles. The summed E-state index contributed by atoms with van der Waals surface area (Å²) in [7, 11) is 0. The summed E-state index contributed by atoms with van der Waals surface area (Å²) in [5.74, 6) is 1.50. The van der Waals surface area contributed by atoms with E-state index in [0.29, 0.717) is 43.3 Å². The summed E-state index contributed by atoms with van der Waals surface area (Å²) >= 11 is 0. The van der Waals surface area contributed by atoms with Gasteiger partial charge in [-0.25, -0.2) is 4.98 Å². The highest BCUT2D eigenvalue weighted by atomic mass is 16.4. The van der Waals surface area contributed by atoms with Gasteiger partial charge in [-0.3, -0.25) is 9.59 Å². The molecule has 3 N–H and O–H groups in total. The number of phenols is 1. The van der Waals surface area contributed by atoms with Crippen LogP contribution in [0.4, 0.5) is 0 Å². The highest BCUT2D eigenvalue weighted by Crippen LogP contribution is 2.28. The third kappa shape index (κ3) is 7.94. The van der Waals surface area contributed by atoms with Crippen LogP contribution in [0.2, 0.25) is 0 Å². The molecular formula is C30H37N3O4. The highest BCUT2D eigenvalue weighted by molar-refractivity contribution is 5.87. The molecule has 2 amide bonds. The molecule has 1 aliphatic rings. The van der Waals surface area contributed by atoms with Crippen LogP contribution in [0, 0.1) is 5.92 Å². The fourth-order valence-corrected chi connectivity index (χ4v) is 5.16. The number of nitrogens with zero attached hydrogens (tertiary/aromatic N) is 1. The number of aryl methyl sites for hydroxylation is 1. The lowest BCUT2D eigenvalue weighted by Gasteiger charge is -2.28. The Labute approximate surface area is 218 Å². The number of aromatic hydroxyl groups is 1. The summed E-state index contributed by atoms with van der Waals surface area (Å²) in [6.07, 6.45) is 9.71. The van der Waals surface area contributed by atoms with Crippen molar-refractivity contribution in [1.29, 1.82) is 0 Å². The standard InChI is InChI=1S/C30H37N3O4/c1-21(34)32-26(18-22-10-4-2-5-11-22)30(36)33-25(17-16-23-12-8-9-15-27(23)35)19-29-31-20-28(37-29)24-13-6-3-7-14-24/h3,6-9,12-15,20,22,25-26,35H,2,4-5,10-11,16-19H2,1H3,(H,32,34)(H,33,36)/t25?,26-/m0/s1. The van der Waals surface area contributed by atoms with Gasteiger partial charge in [0.25, 0.3) is 0 Å². The Kier molecular flexibility index (Phi) is 9.35. The largest absolute Gasteiger partial charge is 0.508 e. The molecular weight excluding hydrogens is 466 g/mol. The van der Waals surface area contributed by atoms with Gasteiger partial charge in [0, 0.05) is 24.9 Å². The van der Waals surface area contributed by atoms with Crippen LogP contribution in [0.15, 0.2) is 65.2 Å². The molecule has 1 aromatic heterocycles. The van der Waals surface area contributed by atoms with Gasteiger partial charge in [0.1, 0.15) is 11.8 Å². The zero-order valence-corrected chi connectivity index (χ0v) is 21.5. The minimum Gasteiger partial charge on any atom is -0.508 e. The molecule has 0 radical (unpaired) electrons. The number of hydrogen-bond donors (Lipinski definition) is 3. The number of carbonyl (C=O) groups excluding carboxylic acids is 2. The first-order valence-electron chi connectivity index (χ1n) is 13.3. The van der Waals surface area contributed by atoms with Crippen molar-refractivity contribution in [2.45, 2.75) is 76.8 Å². The van der Waals surface area contributed by atoms with Crippen LogP contribution in [0.1, 0.15) is 63.3 Å². The van der Waals surface area contributed by atoms with Crippen molar-refractivity contribution in [2.75, 3.05) is 0 Å². The molecule has 1 aliphatic carbocycles. The Hall–Kier alpha value is -3.61. The van der Waals surface area contributed by atoms with E-state index in [1.165, 1.54) is 26.2 Å². The summed E-state index contributed by atoms with van der Waals surface area (Å²) in [6, 6.07) is 16.1. The second-order valence-corrected chi connectivity index (χ2v) is 10.1. The Morgan fingerprint density at radius 1 is 1.03 bits per heavy atom. The zero-order valence-electron chi connectivity index (χ0n) is 21.5. The molecule has 37 heavy (non-hydrogen) atoms. The number of amides is 2. The van der Waals surface area contributed by atoms with Gasteiger partial charge in [0.15, 0.2) is 11.7 Å². The normalized spacial score (nSPS) is 15.6. The maximum Gasteiger partial charge on any atom is 0.242 e. The van der Waals surface area contributed by atoms with E-state index in [9.17, 15) is 14.7 Å². The third-order valence-electron chi connectivity index (χ3n) is 7.12. The zero-order chi connectivity index (χ0) is 26.0. The van der Waals surface area contributed by atoms with E-state index < -0.39 is 6.04 Å². The number of hydrogen-bond acceptors (Lipinski definition) is 5. The van der Waals surface area contributed by atoms with Gasteiger partial charge in [-0.15, -0.1) is 0 Å². The van der Waals surface area contributed by atoms with Crippen molar-refractivity contribution < 1.29 is 19.1 Å². The molecule has 0 aliphatic heterocycles. The van der Waals surface area contributed by atoms with Crippen LogP contribution in [0.5, 0.6) is 5.75 Å². The van der Waals surface area contributed by atoms with Crippen LogP contribution >= 0.6 is 0 Å².